The molecule has 1 N–H and O–H groups in total. The number of para-hydroxylation sites is 3. The minimum Gasteiger partial charge on any atom is -0.444 e. The Labute approximate surface area is 230 Å². The zero-order valence-electron chi connectivity index (χ0n) is 23.3. The van der Waals surface area contributed by atoms with Gasteiger partial charge >= 0.3 is 6.09 Å². The molecule has 0 unspecified atom stereocenters. The second-order valence-electron chi connectivity index (χ2n) is 11.5. The maximum atomic E-state index is 13.3. The lowest BCUT2D eigenvalue weighted by atomic mass is 9.96. The van der Waals surface area contributed by atoms with Gasteiger partial charge in [0.2, 0.25) is 11.9 Å². The molecule has 0 aliphatic carbocycles. The number of aromatic nitrogens is 2. The van der Waals surface area contributed by atoms with Crippen LogP contribution in [0.5, 0.6) is 0 Å². The summed E-state index contributed by atoms with van der Waals surface area (Å²) in [5.41, 5.74) is 2.65. The lowest BCUT2D eigenvalue weighted by Crippen LogP contribution is -2.47. The highest BCUT2D eigenvalue weighted by Gasteiger charge is 2.30. The Balaban J connectivity index is 1.18. The van der Waals surface area contributed by atoms with Crippen LogP contribution in [-0.4, -0.2) is 82.8 Å². The molecule has 0 saturated carbocycles. The van der Waals surface area contributed by atoms with Crippen LogP contribution in [-0.2, 0) is 16.1 Å². The Bertz CT molecular complexity index is 1270. The van der Waals surface area contributed by atoms with Gasteiger partial charge in [0.25, 0.3) is 0 Å². The van der Waals surface area contributed by atoms with E-state index in [4.69, 9.17) is 9.72 Å². The first-order valence-electron chi connectivity index (χ1n) is 14.0. The van der Waals surface area contributed by atoms with Gasteiger partial charge in [-0.1, -0.05) is 30.3 Å². The second-order valence-corrected chi connectivity index (χ2v) is 11.5. The molecule has 2 saturated heterocycles. The SMILES string of the molecule is CC(C)(C)OC(=O)N1CCC(C(=O)Nc2nc3ccccc3n2CCN2CCN(c3ccccc3)CC2)CC1. The Kier molecular flexibility index (Phi) is 8.07. The number of piperidine rings is 1. The third-order valence-corrected chi connectivity index (χ3v) is 7.54. The number of rotatable bonds is 6. The fraction of sp³-hybridized carbons (Fsp3) is 0.500. The molecular weight excluding hydrogens is 492 g/mol. The second kappa shape index (κ2) is 11.7. The normalized spacial score (nSPS) is 17.4. The summed E-state index contributed by atoms with van der Waals surface area (Å²) in [4.78, 5) is 37.0. The molecule has 2 amide bonds. The van der Waals surface area contributed by atoms with Crippen LogP contribution >= 0.6 is 0 Å². The number of ether oxygens (including phenoxy) is 1. The summed E-state index contributed by atoms with van der Waals surface area (Å²) >= 11 is 0. The lowest BCUT2D eigenvalue weighted by Gasteiger charge is -2.36. The number of nitrogens with one attached hydrogen (secondary N) is 1. The summed E-state index contributed by atoms with van der Waals surface area (Å²) in [7, 11) is 0. The molecule has 208 valence electrons. The van der Waals surface area contributed by atoms with Gasteiger partial charge in [-0.25, -0.2) is 9.78 Å². The van der Waals surface area contributed by atoms with Gasteiger partial charge in [0.15, 0.2) is 0 Å². The van der Waals surface area contributed by atoms with Crippen molar-refractivity contribution in [2.75, 3.05) is 56.0 Å². The van der Waals surface area contributed by atoms with E-state index >= 15 is 0 Å². The van der Waals surface area contributed by atoms with E-state index < -0.39 is 5.60 Å². The number of carbonyl (C=O) groups is 2. The van der Waals surface area contributed by atoms with E-state index in [-0.39, 0.29) is 17.9 Å². The first kappa shape index (κ1) is 27.0. The summed E-state index contributed by atoms with van der Waals surface area (Å²) in [5, 5.41) is 3.12. The molecule has 3 aromatic rings. The zero-order chi connectivity index (χ0) is 27.4. The Hall–Kier alpha value is -3.59. The number of benzene rings is 2. The number of hydrogen-bond donors (Lipinski definition) is 1. The number of amides is 2. The summed E-state index contributed by atoms with van der Waals surface area (Å²) in [6.45, 7) is 12.3. The summed E-state index contributed by atoms with van der Waals surface area (Å²) < 4.78 is 7.62. The van der Waals surface area contributed by atoms with Crippen molar-refractivity contribution in [1.29, 1.82) is 0 Å². The molecule has 1 aromatic heterocycles. The average molecular weight is 533 g/mol. The van der Waals surface area contributed by atoms with Gasteiger partial charge in [-0.3, -0.25) is 15.0 Å². The standard InChI is InChI=1S/C30H40N6O3/c1-30(2,3)39-29(38)35-15-13-23(14-16-35)27(37)32-28-31-25-11-7-8-12-26(25)36(28)22-19-33-17-20-34(21-18-33)24-9-5-4-6-10-24/h4-12,23H,13-22H2,1-3H3,(H,31,32,37). The highest BCUT2D eigenvalue weighted by Crippen LogP contribution is 2.24. The topological polar surface area (TPSA) is 82.9 Å². The van der Waals surface area contributed by atoms with Crippen molar-refractivity contribution < 1.29 is 14.3 Å². The number of nitrogens with zero attached hydrogens (tertiary/aromatic N) is 5. The molecule has 9 heteroatoms. The number of likely N-dealkylation sites (tertiary alicyclic amines) is 1. The van der Waals surface area contributed by atoms with E-state index in [1.807, 2.05) is 39.0 Å². The maximum absolute atomic E-state index is 13.3. The number of piperazine rings is 1. The van der Waals surface area contributed by atoms with E-state index in [9.17, 15) is 9.59 Å². The van der Waals surface area contributed by atoms with E-state index in [2.05, 4.69) is 56.1 Å². The molecule has 9 nitrogen and oxygen atoms in total. The van der Waals surface area contributed by atoms with Crippen LogP contribution in [0, 0.1) is 5.92 Å². The van der Waals surface area contributed by atoms with Crippen molar-refractivity contribution >= 4 is 34.7 Å². The highest BCUT2D eigenvalue weighted by molar-refractivity contribution is 5.93. The molecular formula is C30H40N6O3. The molecule has 5 rings (SSSR count). The molecule has 2 aliphatic rings. The van der Waals surface area contributed by atoms with Crippen molar-refractivity contribution in [2.24, 2.45) is 5.92 Å². The predicted octanol–water partition coefficient (Wildman–Crippen LogP) is 4.44. The third-order valence-electron chi connectivity index (χ3n) is 7.54. The number of carbonyl (C=O) groups excluding carboxylic acids is 2. The first-order chi connectivity index (χ1) is 18.8. The Morgan fingerprint density at radius 1 is 0.897 bits per heavy atom. The van der Waals surface area contributed by atoms with Gasteiger partial charge < -0.3 is 19.1 Å². The molecule has 3 heterocycles. The fourth-order valence-corrected chi connectivity index (χ4v) is 5.37. The molecule has 2 aliphatic heterocycles. The van der Waals surface area contributed by atoms with E-state index in [1.54, 1.807) is 4.90 Å². The monoisotopic (exact) mass is 532 g/mol. The number of fused-ring (bicyclic) bond motifs is 1. The fourth-order valence-electron chi connectivity index (χ4n) is 5.37. The van der Waals surface area contributed by atoms with Crippen LogP contribution in [0.2, 0.25) is 0 Å². The Morgan fingerprint density at radius 2 is 1.56 bits per heavy atom. The molecule has 0 atom stereocenters. The van der Waals surface area contributed by atoms with E-state index in [1.165, 1.54) is 5.69 Å². The van der Waals surface area contributed by atoms with Crippen molar-refractivity contribution in [3.63, 3.8) is 0 Å². The quantitative estimate of drug-likeness (QED) is 0.505. The number of imidazole rings is 1. The smallest absolute Gasteiger partial charge is 0.410 e. The van der Waals surface area contributed by atoms with Crippen LogP contribution in [0.4, 0.5) is 16.4 Å². The van der Waals surface area contributed by atoms with Crippen molar-refractivity contribution in [1.82, 2.24) is 19.4 Å². The first-order valence-corrected chi connectivity index (χ1v) is 14.0. The maximum Gasteiger partial charge on any atom is 0.410 e. The summed E-state index contributed by atoms with van der Waals surface area (Å²) in [5.74, 6) is 0.397. The predicted molar refractivity (Wildman–Crippen MR) is 154 cm³/mol. The molecule has 2 aromatic carbocycles. The van der Waals surface area contributed by atoms with Gasteiger partial charge in [-0.05, 0) is 57.9 Å². The largest absolute Gasteiger partial charge is 0.444 e. The van der Waals surface area contributed by atoms with Crippen LogP contribution in [0.1, 0.15) is 33.6 Å². The zero-order valence-corrected chi connectivity index (χ0v) is 23.3. The molecule has 2 fully saturated rings. The van der Waals surface area contributed by atoms with Crippen molar-refractivity contribution in [3.05, 3.63) is 54.6 Å². The highest BCUT2D eigenvalue weighted by atomic mass is 16.6. The molecule has 0 radical (unpaired) electrons. The summed E-state index contributed by atoms with van der Waals surface area (Å²) in [6.07, 6.45) is 0.904. The average Bonchev–Trinajstić information content (AvgIpc) is 3.28. The Morgan fingerprint density at radius 3 is 2.26 bits per heavy atom. The number of hydrogen-bond acceptors (Lipinski definition) is 6. The van der Waals surface area contributed by atoms with Crippen LogP contribution < -0.4 is 10.2 Å². The lowest BCUT2D eigenvalue weighted by molar-refractivity contribution is -0.121. The van der Waals surface area contributed by atoms with Crippen molar-refractivity contribution in [3.8, 4) is 0 Å². The van der Waals surface area contributed by atoms with Gasteiger partial charge in [0.05, 0.1) is 11.0 Å². The summed E-state index contributed by atoms with van der Waals surface area (Å²) in [6, 6.07) is 18.6. The van der Waals surface area contributed by atoms with Crippen molar-refractivity contribution in [2.45, 2.75) is 45.8 Å². The van der Waals surface area contributed by atoms with Gasteiger partial charge in [-0.15, -0.1) is 0 Å². The molecule has 0 bridgehead atoms. The van der Waals surface area contributed by atoms with Gasteiger partial charge in [0.1, 0.15) is 5.60 Å². The number of anilines is 2. The minimum atomic E-state index is -0.528. The molecule has 39 heavy (non-hydrogen) atoms. The van der Waals surface area contributed by atoms with Crippen LogP contribution in [0.3, 0.4) is 0 Å². The van der Waals surface area contributed by atoms with E-state index in [0.717, 1.165) is 50.3 Å². The van der Waals surface area contributed by atoms with Crippen LogP contribution in [0.25, 0.3) is 11.0 Å². The van der Waals surface area contributed by atoms with E-state index in [0.29, 0.717) is 31.9 Å². The third kappa shape index (κ3) is 6.71. The van der Waals surface area contributed by atoms with Crippen LogP contribution in [0.15, 0.2) is 54.6 Å². The van der Waals surface area contributed by atoms with Gasteiger partial charge in [-0.2, -0.15) is 0 Å². The molecule has 0 spiro atoms. The minimum absolute atomic E-state index is 0.0353. The van der Waals surface area contributed by atoms with Gasteiger partial charge in [0, 0.05) is 64.0 Å².